The maximum absolute atomic E-state index is 12.9. The summed E-state index contributed by atoms with van der Waals surface area (Å²) in [6.45, 7) is 0. The molecule has 0 saturated carbocycles. The van der Waals surface area contributed by atoms with Crippen molar-refractivity contribution in [3.05, 3.63) is 107 Å². The van der Waals surface area contributed by atoms with Gasteiger partial charge in [-0.05, 0) is 29.8 Å². The Bertz CT molecular complexity index is 887. The molecule has 0 fully saturated rings. The van der Waals surface area contributed by atoms with E-state index in [9.17, 15) is 4.79 Å². The van der Waals surface area contributed by atoms with Crippen molar-refractivity contribution in [3.8, 4) is 0 Å². The zero-order chi connectivity index (χ0) is 17.1. The van der Waals surface area contributed by atoms with E-state index in [0.29, 0.717) is 6.42 Å². The van der Waals surface area contributed by atoms with Gasteiger partial charge in [-0.25, -0.2) is 0 Å². The zero-order valence-corrected chi connectivity index (χ0v) is 13.7. The van der Waals surface area contributed by atoms with Crippen LogP contribution in [0, 0.1) is 0 Å². The molecule has 0 radical (unpaired) electrons. The monoisotopic (exact) mass is 326 g/mol. The van der Waals surface area contributed by atoms with Crippen LogP contribution in [0.15, 0.2) is 96.3 Å². The summed E-state index contributed by atoms with van der Waals surface area (Å²) in [5.74, 6) is 0.816. The molecule has 0 heterocycles. The van der Waals surface area contributed by atoms with E-state index in [1.165, 1.54) is 0 Å². The number of para-hydroxylation sites is 2. The Labute approximate surface area is 147 Å². The van der Waals surface area contributed by atoms with E-state index >= 15 is 0 Å². The van der Waals surface area contributed by atoms with Crippen molar-refractivity contribution in [1.82, 2.24) is 0 Å². The molecule has 0 aliphatic heterocycles. The molecular formula is C22H18N2O. The fourth-order valence-corrected chi connectivity index (χ4v) is 3.04. The van der Waals surface area contributed by atoms with Gasteiger partial charge in [-0.1, -0.05) is 60.7 Å². The van der Waals surface area contributed by atoms with E-state index in [-0.39, 0.29) is 5.78 Å². The summed E-state index contributed by atoms with van der Waals surface area (Å²) in [6, 6.07) is 27.6. The molecule has 0 aromatic heterocycles. The number of benzene rings is 3. The highest BCUT2D eigenvalue weighted by molar-refractivity contribution is 6.14. The Balaban J connectivity index is 1.74. The summed E-state index contributed by atoms with van der Waals surface area (Å²) >= 11 is 0. The molecule has 0 bridgehead atoms. The third-order valence-corrected chi connectivity index (χ3v) is 4.29. The van der Waals surface area contributed by atoms with E-state index in [0.717, 1.165) is 33.9 Å². The van der Waals surface area contributed by atoms with E-state index in [1.54, 1.807) is 0 Å². The summed E-state index contributed by atoms with van der Waals surface area (Å²) in [4.78, 5) is 12.9. The second-order valence-corrected chi connectivity index (χ2v) is 6.00. The van der Waals surface area contributed by atoms with Crippen molar-refractivity contribution >= 4 is 17.2 Å². The Morgan fingerprint density at radius 2 is 1.20 bits per heavy atom. The average Bonchev–Trinajstić information content (AvgIpc) is 3.00. The number of nitrogens with one attached hydrogen (secondary N) is 2. The lowest BCUT2D eigenvalue weighted by atomic mass is 10.1. The molecular weight excluding hydrogens is 308 g/mol. The first-order valence-electron chi connectivity index (χ1n) is 8.31. The van der Waals surface area contributed by atoms with E-state index in [1.807, 2.05) is 84.9 Å². The number of anilines is 2. The van der Waals surface area contributed by atoms with Crippen LogP contribution in [-0.4, -0.2) is 5.78 Å². The molecule has 0 unspecified atom stereocenters. The van der Waals surface area contributed by atoms with Crippen LogP contribution in [0.25, 0.3) is 0 Å². The predicted molar refractivity (Wildman–Crippen MR) is 102 cm³/mol. The lowest BCUT2D eigenvalue weighted by Crippen LogP contribution is -2.16. The fraction of sp³-hybridized carbons (Fsp3) is 0.0455. The van der Waals surface area contributed by atoms with E-state index in [2.05, 4.69) is 10.6 Å². The highest BCUT2D eigenvalue weighted by atomic mass is 16.1. The summed E-state index contributed by atoms with van der Waals surface area (Å²) in [7, 11) is 0. The molecule has 0 amide bonds. The standard InChI is InChI=1S/C22H18N2O/c25-21-19-14-8-7-9-16(19)15-20(21)22(23-17-10-3-1-4-11-17)24-18-12-5-2-6-13-18/h1-14,23-24H,15H2. The molecule has 0 saturated heterocycles. The number of hydrogen-bond acceptors (Lipinski definition) is 3. The van der Waals surface area contributed by atoms with Gasteiger partial charge in [0.05, 0.1) is 0 Å². The van der Waals surface area contributed by atoms with Gasteiger partial charge in [-0.15, -0.1) is 0 Å². The first kappa shape index (κ1) is 15.2. The lowest BCUT2D eigenvalue weighted by molar-refractivity contribution is 0.103. The number of hydrogen-bond donors (Lipinski definition) is 2. The van der Waals surface area contributed by atoms with Crippen molar-refractivity contribution in [2.45, 2.75) is 6.42 Å². The minimum absolute atomic E-state index is 0.0810. The molecule has 2 N–H and O–H groups in total. The van der Waals surface area contributed by atoms with Gasteiger partial charge in [0.15, 0.2) is 5.78 Å². The Morgan fingerprint density at radius 3 is 1.76 bits per heavy atom. The van der Waals surface area contributed by atoms with Crippen molar-refractivity contribution in [1.29, 1.82) is 0 Å². The van der Waals surface area contributed by atoms with Gasteiger partial charge in [0.2, 0.25) is 0 Å². The van der Waals surface area contributed by atoms with Gasteiger partial charge >= 0.3 is 0 Å². The first-order chi connectivity index (χ1) is 12.3. The maximum atomic E-state index is 12.9. The molecule has 3 heteroatoms. The van der Waals surface area contributed by atoms with Crippen molar-refractivity contribution in [3.63, 3.8) is 0 Å². The Morgan fingerprint density at radius 1 is 0.680 bits per heavy atom. The average molecular weight is 326 g/mol. The highest BCUT2D eigenvalue weighted by Crippen LogP contribution is 2.29. The van der Waals surface area contributed by atoms with Gasteiger partial charge in [0.25, 0.3) is 0 Å². The van der Waals surface area contributed by atoms with Crippen molar-refractivity contribution in [2.24, 2.45) is 0 Å². The van der Waals surface area contributed by atoms with Crippen LogP contribution in [0.1, 0.15) is 15.9 Å². The van der Waals surface area contributed by atoms with Crippen LogP contribution in [0.5, 0.6) is 0 Å². The quantitative estimate of drug-likeness (QED) is 0.673. The number of Topliss-reactive ketones (excluding diaryl/α,β-unsaturated/α-hetero) is 1. The summed E-state index contributed by atoms with van der Waals surface area (Å²) in [5, 5.41) is 6.76. The number of fused-ring (bicyclic) bond motifs is 1. The second kappa shape index (κ2) is 6.65. The fourth-order valence-electron chi connectivity index (χ4n) is 3.04. The topological polar surface area (TPSA) is 41.1 Å². The normalized spacial score (nSPS) is 12.6. The minimum atomic E-state index is 0.0810. The minimum Gasteiger partial charge on any atom is -0.341 e. The molecule has 25 heavy (non-hydrogen) atoms. The molecule has 0 atom stereocenters. The second-order valence-electron chi connectivity index (χ2n) is 6.00. The van der Waals surface area contributed by atoms with Gasteiger partial charge in [0, 0.05) is 28.9 Å². The predicted octanol–water partition coefficient (Wildman–Crippen LogP) is 4.86. The van der Waals surface area contributed by atoms with Crippen molar-refractivity contribution < 1.29 is 4.79 Å². The van der Waals surface area contributed by atoms with E-state index in [4.69, 9.17) is 0 Å². The molecule has 3 aromatic rings. The molecule has 122 valence electrons. The zero-order valence-electron chi connectivity index (χ0n) is 13.7. The van der Waals surface area contributed by atoms with Crippen LogP contribution in [0.3, 0.4) is 0 Å². The van der Waals surface area contributed by atoms with Crippen LogP contribution in [0.2, 0.25) is 0 Å². The summed E-state index contributed by atoms with van der Waals surface area (Å²) in [6.07, 6.45) is 0.629. The van der Waals surface area contributed by atoms with Crippen LogP contribution >= 0.6 is 0 Å². The van der Waals surface area contributed by atoms with Gasteiger partial charge < -0.3 is 10.6 Å². The van der Waals surface area contributed by atoms with Crippen molar-refractivity contribution in [2.75, 3.05) is 10.6 Å². The largest absolute Gasteiger partial charge is 0.341 e. The molecule has 3 aromatic carbocycles. The van der Waals surface area contributed by atoms with Crippen LogP contribution in [0.4, 0.5) is 11.4 Å². The third kappa shape index (κ3) is 3.17. The summed E-state index contributed by atoms with van der Waals surface area (Å²) in [5.41, 5.74) is 4.51. The molecule has 3 nitrogen and oxygen atoms in total. The SMILES string of the molecule is O=C1C(=C(Nc2ccccc2)Nc2ccccc2)Cc2ccccc21. The molecule has 1 aliphatic carbocycles. The number of rotatable bonds is 4. The Kier molecular flexibility index (Phi) is 4.05. The van der Waals surface area contributed by atoms with Gasteiger partial charge in [0.1, 0.15) is 5.82 Å². The third-order valence-electron chi connectivity index (χ3n) is 4.29. The highest BCUT2D eigenvalue weighted by Gasteiger charge is 2.27. The first-order valence-corrected chi connectivity index (χ1v) is 8.31. The number of carbonyl (C=O) groups excluding carboxylic acids is 1. The van der Waals surface area contributed by atoms with Crippen LogP contribution < -0.4 is 10.6 Å². The number of allylic oxidation sites excluding steroid dienone is 1. The van der Waals surface area contributed by atoms with Gasteiger partial charge in [-0.3, -0.25) is 4.79 Å². The summed E-state index contributed by atoms with van der Waals surface area (Å²) < 4.78 is 0. The maximum Gasteiger partial charge on any atom is 0.193 e. The van der Waals surface area contributed by atoms with Crippen LogP contribution in [-0.2, 0) is 6.42 Å². The smallest absolute Gasteiger partial charge is 0.193 e. The molecule has 1 aliphatic rings. The number of carbonyl (C=O) groups is 1. The lowest BCUT2D eigenvalue weighted by Gasteiger charge is -2.16. The number of ketones is 1. The molecule has 4 rings (SSSR count). The van der Waals surface area contributed by atoms with E-state index < -0.39 is 0 Å². The Hall–Kier alpha value is -3.33. The van der Waals surface area contributed by atoms with Gasteiger partial charge in [-0.2, -0.15) is 0 Å². The molecule has 0 spiro atoms.